The second-order valence-electron chi connectivity index (χ2n) is 4.12. The van der Waals surface area contributed by atoms with Crippen molar-refractivity contribution in [2.45, 2.75) is 31.9 Å². The summed E-state index contributed by atoms with van der Waals surface area (Å²) in [7, 11) is 0. The molecule has 0 heterocycles. The van der Waals surface area contributed by atoms with E-state index in [0.717, 1.165) is 36.4 Å². The predicted octanol–water partition coefficient (Wildman–Crippen LogP) is 5.50. The van der Waals surface area contributed by atoms with Crippen molar-refractivity contribution in [1.82, 2.24) is 0 Å². The fourth-order valence-corrected chi connectivity index (χ4v) is 2.23. The highest BCUT2D eigenvalue weighted by Crippen LogP contribution is 2.32. The van der Waals surface area contributed by atoms with Crippen LogP contribution in [0, 0.1) is 0 Å². The second kappa shape index (κ2) is 7.29. The minimum atomic E-state index is -4.46. The van der Waals surface area contributed by atoms with Crippen molar-refractivity contribution >= 4 is 33.3 Å². The first-order chi connectivity index (χ1) is 8.86. The molecule has 0 spiro atoms. The number of alkyl halides is 4. The maximum absolute atomic E-state index is 12.6. The van der Waals surface area contributed by atoms with Gasteiger partial charge in [0.25, 0.3) is 0 Å². The maximum Gasteiger partial charge on any atom is 0.416 e. The van der Waals surface area contributed by atoms with E-state index in [1.54, 1.807) is 0 Å². The Morgan fingerprint density at radius 1 is 1.21 bits per heavy atom. The molecule has 0 amide bonds. The Labute approximate surface area is 123 Å². The average molecular weight is 358 g/mol. The van der Waals surface area contributed by atoms with Crippen molar-refractivity contribution in [3.8, 4) is 0 Å². The molecule has 0 bridgehead atoms. The molecule has 1 aromatic carbocycles. The molecule has 0 fully saturated rings. The number of benzene rings is 1. The van der Waals surface area contributed by atoms with Crippen LogP contribution in [-0.2, 0) is 6.18 Å². The summed E-state index contributed by atoms with van der Waals surface area (Å²) in [5, 5.41) is 0.921. The van der Waals surface area contributed by atoms with Gasteiger partial charge in [0.2, 0.25) is 0 Å². The molecule has 0 saturated carbocycles. The number of halogens is 5. The van der Waals surface area contributed by atoms with Crippen LogP contribution in [0.15, 0.2) is 18.2 Å². The summed E-state index contributed by atoms with van der Waals surface area (Å²) < 4.78 is 37.7. The van der Waals surface area contributed by atoms with E-state index in [2.05, 4.69) is 15.9 Å². The maximum atomic E-state index is 12.6. The molecule has 0 atom stereocenters. The van der Waals surface area contributed by atoms with Gasteiger partial charge in [-0.05, 0) is 31.0 Å². The third-order valence-corrected chi connectivity index (χ3v) is 3.52. The first-order valence-electron chi connectivity index (χ1n) is 5.82. The van der Waals surface area contributed by atoms with Gasteiger partial charge in [-0.1, -0.05) is 34.0 Å². The summed E-state index contributed by atoms with van der Waals surface area (Å²) in [6.45, 7) is 0. The molecule has 106 valence electrons. The van der Waals surface area contributed by atoms with Crippen molar-refractivity contribution < 1.29 is 18.0 Å². The van der Waals surface area contributed by atoms with Gasteiger partial charge >= 0.3 is 6.18 Å². The van der Waals surface area contributed by atoms with Gasteiger partial charge in [0.15, 0.2) is 5.78 Å². The van der Waals surface area contributed by atoms with Crippen LogP contribution in [0.25, 0.3) is 0 Å². The number of carbonyl (C=O) groups is 1. The molecule has 0 aliphatic heterocycles. The van der Waals surface area contributed by atoms with Crippen LogP contribution in [0.3, 0.4) is 0 Å². The zero-order valence-corrected chi connectivity index (χ0v) is 12.4. The van der Waals surface area contributed by atoms with E-state index in [1.165, 1.54) is 0 Å². The molecule has 0 aliphatic rings. The monoisotopic (exact) mass is 356 g/mol. The summed E-state index contributed by atoms with van der Waals surface area (Å²) in [4.78, 5) is 11.8. The lowest BCUT2D eigenvalue weighted by atomic mass is 10.0. The number of ketones is 1. The Hall–Kier alpha value is -0.550. The molecular formula is C13H13BrClF3O. The second-order valence-corrected chi connectivity index (χ2v) is 5.32. The first kappa shape index (κ1) is 16.5. The van der Waals surface area contributed by atoms with Crippen molar-refractivity contribution in [1.29, 1.82) is 0 Å². The minimum Gasteiger partial charge on any atom is -0.294 e. The van der Waals surface area contributed by atoms with Gasteiger partial charge in [-0.15, -0.1) is 0 Å². The van der Waals surface area contributed by atoms with Crippen LogP contribution < -0.4 is 0 Å². The van der Waals surface area contributed by atoms with Crippen molar-refractivity contribution in [3.63, 3.8) is 0 Å². The Morgan fingerprint density at radius 3 is 2.47 bits per heavy atom. The number of hydrogen-bond acceptors (Lipinski definition) is 1. The van der Waals surface area contributed by atoms with Gasteiger partial charge < -0.3 is 0 Å². The molecular weight excluding hydrogens is 344 g/mol. The molecule has 0 saturated heterocycles. The van der Waals surface area contributed by atoms with E-state index in [-0.39, 0.29) is 22.8 Å². The zero-order valence-electron chi connectivity index (χ0n) is 10.1. The molecule has 0 aromatic heterocycles. The fraction of sp³-hybridized carbons (Fsp3) is 0.462. The van der Waals surface area contributed by atoms with Gasteiger partial charge in [0.05, 0.1) is 10.6 Å². The number of unbranched alkanes of at least 4 members (excludes halogenated alkanes) is 2. The van der Waals surface area contributed by atoms with E-state index < -0.39 is 11.7 Å². The molecule has 19 heavy (non-hydrogen) atoms. The van der Waals surface area contributed by atoms with Crippen LogP contribution in [0.4, 0.5) is 13.2 Å². The number of rotatable bonds is 6. The highest BCUT2D eigenvalue weighted by Gasteiger charge is 2.31. The third kappa shape index (κ3) is 5.15. The first-order valence-corrected chi connectivity index (χ1v) is 7.32. The summed E-state index contributed by atoms with van der Waals surface area (Å²) in [5.74, 6) is -0.342. The lowest BCUT2D eigenvalue weighted by molar-refractivity contribution is -0.137. The normalized spacial score (nSPS) is 11.6. The molecule has 0 unspecified atom stereocenters. The smallest absolute Gasteiger partial charge is 0.294 e. The fourth-order valence-electron chi connectivity index (χ4n) is 1.61. The topological polar surface area (TPSA) is 17.1 Å². The van der Waals surface area contributed by atoms with Gasteiger partial charge in [0.1, 0.15) is 0 Å². The zero-order chi connectivity index (χ0) is 14.5. The van der Waals surface area contributed by atoms with E-state index >= 15 is 0 Å². The molecule has 1 aromatic rings. The van der Waals surface area contributed by atoms with Crippen LogP contribution in [-0.4, -0.2) is 11.1 Å². The Morgan fingerprint density at radius 2 is 1.89 bits per heavy atom. The Balaban J connectivity index is 2.78. The highest BCUT2D eigenvalue weighted by molar-refractivity contribution is 9.09. The molecule has 1 nitrogen and oxygen atoms in total. The Kier molecular flexibility index (Phi) is 6.33. The predicted molar refractivity (Wildman–Crippen MR) is 73.0 cm³/mol. The standard InChI is InChI=1S/C13H13BrClF3O/c14-7-3-1-2-4-12(19)10-8-9(13(16,17)18)5-6-11(10)15/h5-6,8H,1-4,7H2. The van der Waals surface area contributed by atoms with E-state index in [9.17, 15) is 18.0 Å². The Bertz CT molecular complexity index is 446. The van der Waals surface area contributed by atoms with E-state index in [4.69, 9.17) is 11.6 Å². The van der Waals surface area contributed by atoms with Crippen LogP contribution in [0.2, 0.25) is 5.02 Å². The van der Waals surface area contributed by atoms with Gasteiger partial charge in [0, 0.05) is 17.3 Å². The van der Waals surface area contributed by atoms with Gasteiger partial charge in [-0.2, -0.15) is 13.2 Å². The summed E-state index contributed by atoms with van der Waals surface area (Å²) >= 11 is 9.06. The van der Waals surface area contributed by atoms with Crippen LogP contribution in [0.1, 0.15) is 41.6 Å². The lowest BCUT2D eigenvalue weighted by Crippen LogP contribution is -2.08. The minimum absolute atomic E-state index is 0.0460. The highest BCUT2D eigenvalue weighted by atomic mass is 79.9. The van der Waals surface area contributed by atoms with E-state index in [1.807, 2.05) is 0 Å². The quantitative estimate of drug-likeness (QED) is 0.373. The SMILES string of the molecule is O=C(CCCCCBr)c1cc(C(F)(F)F)ccc1Cl. The lowest BCUT2D eigenvalue weighted by Gasteiger charge is -2.09. The molecule has 0 radical (unpaired) electrons. The number of carbonyl (C=O) groups excluding carboxylic acids is 1. The third-order valence-electron chi connectivity index (χ3n) is 2.63. The molecule has 0 aliphatic carbocycles. The van der Waals surface area contributed by atoms with Crippen LogP contribution >= 0.6 is 27.5 Å². The summed E-state index contributed by atoms with van der Waals surface area (Å²) in [5.41, 5.74) is -0.893. The van der Waals surface area contributed by atoms with E-state index in [0.29, 0.717) is 6.42 Å². The largest absolute Gasteiger partial charge is 0.416 e. The summed E-state index contributed by atoms with van der Waals surface area (Å²) in [6, 6.07) is 2.83. The number of Topliss-reactive ketones (excluding diaryl/α,β-unsaturated/α-hetero) is 1. The molecule has 0 N–H and O–H groups in total. The number of hydrogen-bond donors (Lipinski definition) is 0. The van der Waals surface area contributed by atoms with Crippen molar-refractivity contribution in [2.24, 2.45) is 0 Å². The van der Waals surface area contributed by atoms with Crippen LogP contribution in [0.5, 0.6) is 0 Å². The average Bonchev–Trinajstić information content (AvgIpc) is 2.33. The van der Waals surface area contributed by atoms with Crippen molar-refractivity contribution in [2.75, 3.05) is 5.33 Å². The summed E-state index contributed by atoms with van der Waals surface area (Å²) in [6.07, 6.45) is -1.81. The van der Waals surface area contributed by atoms with Gasteiger partial charge in [-0.25, -0.2) is 0 Å². The molecule has 1 rings (SSSR count). The molecule has 6 heteroatoms. The van der Waals surface area contributed by atoms with Crippen molar-refractivity contribution in [3.05, 3.63) is 34.3 Å². The van der Waals surface area contributed by atoms with Gasteiger partial charge in [-0.3, -0.25) is 4.79 Å².